The van der Waals surface area contributed by atoms with Gasteiger partial charge in [-0.05, 0) is 108 Å². The Morgan fingerprint density at radius 2 is 0.578 bits per heavy atom. The topological polar surface area (TPSA) is 127 Å². The summed E-state index contributed by atoms with van der Waals surface area (Å²) >= 11 is 0. The summed E-state index contributed by atoms with van der Waals surface area (Å²) in [5.74, 6) is 0. The van der Waals surface area contributed by atoms with Gasteiger partial charge < -0.3 is 31.9 Å². The molecule has 0 aliphatic carbocycles. The molecule has 10 nitrogen and oxygen atoms in total. The maximum Gasteiger partial charge on any atom is 0.416 e. The van der Waals surface area contributed by atoms with Crippen LogP contribution in [0, 0.1) is 0 Å². The van der Waals surface area contributed by atoms with Gasteiger partial charge in [0.2, 0.25) is 0 Å². The smallest absolute Gasteiger partial charge is 0.308 e. The predicted octanol–water partition coefficient (Wildman–Crippen LogP) is 12.9. The van der Waals surface area contributed by atoms with Gasteiger partial charge in [-0.3, -0.25) is 4.90 Å². The van der Waals surface area contributed by atoms with Gasteiger partial charge in [0.25, 0.3) is 0 Å². The highest BCUT2D eigenvalue weighted by Crippen LogP contribution is 2.33. The lowest BCUT2D eigenvalue weighted by Gasteiger charge is -2.26. The van der Waals surface area contributed by atoms with Crippen molar-refractivity contribution in [3.63, 3.8) is 0 Å². The molecular weight excluding hydrogens is 858 g/mol. The lowest BCUT2D eigenvalue weighted by molar-refractivity contribution is -0.138. The van der Waals surface area contributed by atoms with Crippen LogP contribution in [0.25, 0.3) is 0 Å². The Morgan fingerprint density at radius 3 is 0.812 bits per heavy atom. The zero-order valence-corrected chi connectivity index (χ0v) is 33.1. The van der Waals surface area contributed by atoms with E-state index in [0.29, 0.717) is 33.8 Å². The molecule has 0 atom stereocenters. The number of para-hydroxylation sites is 3. The van der Waals surface area contributed by atoms with Crippen molar-refractivity contribution < 1.29 is 53.9 Å². The van der Waals surface area contributed by atoms with E-state index >= 15 is 0 Å². The van der Waals surface area contributed by atoms with E-state index in [-0.39, 0.29) is 36.7 Å². The van der Waals surface area contributed by atoms with Crippen LogP contribution < -0.4 is 31.9 Å². The van der Waals surface area contributed by atoms with E-state index in [1.54, 1.807) is 72.8 Å². The molecule has 0 spiro atoms. The van der Waals surface area contributed by atoms with E-state index in [4.69, 9.17) is 0 Å². The number of urea groups is 3. The van der Waals surface area contributed by atoms with E-state index < -0.39 is 53.3 Å². The van der Waals surface area contributed by atoms with Crippen molar-refractivity contribution in [2.45, 2.75) is 38.2 Å². The number of rotatable bonds is 12. The summed E-state index contributed by atoms with van der Waals surface area (Å²) in [5, 5.41) is 15.7. The highest BCUT2D eigenvalue weighted by Gasteiger charge is 2.32. The number of benzene rings is 6. The van der Waals surface area contributed by atoms with Crippen molar-refractivity contribution >= 4 is 52.2 Å². The van der Waals surface area contributed by atoms with E-state index in [9.17, 15) is 53.9 Å². The molecule has 0 saturated carbocycles. The molecule has 19 heteroatoms. The van der Waals surface area contributed by atoms with Crippen molar-refractivity contribution in [1.82, 2.24) is 4.90 Å². The highest BCUT2D eigenvalue weighted by molar-refractivity contribution is 6.01. The Hall–Kier alpha value is -7.54. The second kappa shape index (κ2) is 19.7. The van der Waals surface area contributed by atoms with Crippen LogP contribution in [0.2, 0.25) is 0 Å². The fourth-order valence-corrected chi connectivity index (χ4v) is 6.31. The molecular formula is C45H36F9N7O3. The SMILES string of the molecule is O=C(Nc1ccc(C(F)(F)F)cc1)Nc1ccccc1CN(Cc1ccccc1NC(=O)Nc1ccc(C(F)(F)F)cc1)Cc1ccccc1NC(=O)Nc1ccc(C(F)(F)F)cc1. The Labute approximate surface area is 359 Å². The molecule has 6 N–H and O–H groups in total. The number of halogens is 9. The van der Waals surface area contributed by atoms with Crippen LogP contribution in [0.4, 0.5) is 88.0 Å². The van der Waals surface area contributed by atoms with E-state index in [0.717, 1.165) is 72.8 Å². The van der Waals surface area contributed by atoms with Crippen molar-refractivity contribution in [1.29, 1.82) is 0 Å². The number of hydrogen-bond donors (Lipinski definition) is 6. The summed E-state index contributed by atoms with van der Waals surface area (Å²) in [6, 6.07) is 29.5. The Morgan fingerprint density at radius 1 is 0.344 bits per heavy atom. The first kappa shape index (κ1) is 46.0. The van der Waals surface area contributed by atoms with Crippen LogP contribution in [0.15, 0.2) is 146 Å². The average molecular weight is 894 g/mol. The Bertz CT molecular complexity index is 2280. The maximum atomic E-state index is 13.1. The van der Waals surface area contributed by atoms with Crippen LogP contribution >= 0.6 is 0 Å². The number of alkyl halides is 9. The fourth-order valence-electron chi connectivity index (χ4n) is 6.31. The van der Waals surface area contributed by atoms with Gasteiger partial charge in [0, 0.05) is 53.8 Å². The number of amides is 6. The van der Waals surface area contributed by atoms with Crippen LogP contribution in [0.3, 0.4) is 0 Å². The number of carbonyl (C=O) groups excluding carboxylic acids is 3. The zero-order chi connectivity index (χ0) is 46.1. The number of nitrogens with one attached hydrogen (secondary N) is 6. The minimum Gasteiger partial charge on any atom is -0.308 e. The van der Waals surface area contributed by atoms with Gasteiger partial charge in [-0.25, -0.2) is 14.4 Å². The van der Waals surface area contributed by atoms with Crippen LogP contribution in [-0.4, -0.2) is 23.0 Å². The largest absolute Gasteiger partial charge is 0.416 e. The van der Waals surface area contributed by atoms with Gasteiger partial charge in [0.15, 0.2) is 0 Å². The molecule has 0 unspecified atom stereocenters. The molecule has 6 rings (SSSR count). The molecule has 6 aromatic carbocycles. The highest BCUT2D eigenvalue weighted by atomic mass is 19.4. The third-order valence-electron chi connectivity index (χ3n) is 9.39. The standard InChI is InChI=1S/C45H36F9N7O3/c46-43(47,48)31-13-19-34(20-14-31)55-40(62)58-37-10-4-1-7-28(37)25-61(26-29-8-2-5-11-38(29)59-41(63)56-35-21-15-32(16-22-35)44(49,50)51)27-30-9-3-6-12-39(30)60-42(64)57-36-23-17-33(18-24-36)45(52,53)54/h1-24H,25-27H2,(H2,55,58,62)(H2,56,59,63)(H2,57,60,64). The molecule has 332 valence electrons. The second-order valence-corrected chi connectivity index (χ2v) is 14.1. The minimum atomic E-state index is -4.57. The summed E-state index contributed by atoms with van der Waals surface area (Å²) in [4.78, 5) is 41.2. The third kappa shape index (κ3) is 13.0. The molecule has 6 aromatic rings. The summed E-state index contributed by atoms with van der Waals surface area (Å²) < 4.78 is 118. The molecule has 0 aliphatic heterocycles. The van der Waals surface area contributed by atoms with E-state index in [1.165, 1.54) is 0 Å². The maximum absolute atomic E-state index is 13.1. The zero-order valence-electron chi connectivity index (χ0n) is 33.1. The van der Waals surface area contributed by atoms with Crippen molar-refractivity contribution in [3.8, 4) is 0 Å². The van der Waals surface area contributed by atoms with Crippen molar-refractivity contribution in [2.24, 2.45) is 0 Å². The molecule has 0 saturated heterocycles. The molecule has 0 aromatic heterocycles. The summed E-state index contributed by atoms with van der Waals surface area (Å²) in [5.41, 5.74) is 0.339. The van der Waals surface area contributed by atoms with E-state index in [1.807, 2.05) is 4.90 Å². The first-order valence-electron chi connectivity index (χ1n) is 19.0. The van der Waals surface area contributed by atoms with Gasteiger partial charge >= 0.3 is 36.6 Å². The Balaban J connectivity index is 1.24. The average Bonchev–Trinajstić information content (AvgIpc) is 3.22. The lowest BCUT2D eigenvalue weighted by atomic mass is 10.1. The summed E-state index contributed by atoms with van der Waals surface area (Å²) in [6.45, 7) is 0.318. The number of nitrogens with zero attached hydrogens (tertiary/aromatic N) is 1. The Kier molecular flexibility index (Phi) is 14.1. The molecule has 64 heavy (non-hydrogen) atoms. The third-order valence-corrected chi connectivity index (χ3v) is 9.39. The quantitative estimate of drug-likeness (QED) is 0.0684. The van der Waals surface area contributed by atoms with Crippen LogP contribution in [-0.2, 0) is 38.2 Å². The van der Waals surface area contributed by atoms with Crippen LogP contribution in [0.1, 0.15) is 33.4 Å². The summed E-state index contributed by atoms with van der Waals surface area (Å²) in [7, 11) is 0. The van der Waals surface area contributed by atoms with Gasteiger partial charge in [-0.1, -0.05) is 54.6 Å². The molecule has 0 radical (unpaired) electrons. The molecule has 0 bridgehead atoms. The van der Waals surface area contributed by atoms with Crippen molar-refractivity contribution in [2.75, 3.05) is 31.9 Å². The van der Waals surface area contributed by atoms with E-state index in [2.05, 4.69) is 31.9 Å². The summed E-state index contributed by atoms with van der Waals surface area (Å²) in [6.07, 6.45) is -13.7. The molecule has 0 heterocycles. The minimum absolute atomic E-state index is 0.0996. The van der Waals surface area contributed by atoms with Crippen molar-refractivity contribution in [3.05, 3.63) is 179 Å². The monoisotopic (exact) mass is 893 g/mol. The number of hydrogen-bond acceptors (Lipinski definition) is 4. The fraction of sp³-hybridized carbons (Fsp3) is 0.133. The lowest BCUT2D eigenvalue weighted by Crippen LogP contribution is -2.27. The number of anilines is 6. The normalized spacial score (nSPS) is 11.7. The van der Waals surface area contributed by atoms with Crippen LogP contribution in [0.5, 0.6) is 0 Å². The second-order valence-electron chi connectivity index (χ2n) is 14.1. The first-order chi connectivity index (χ1) is 30.3. The van der Waals surface area contributed by atoms with Gasteiger partial charge in [0.1, 0.15) is 0 Å². The molecule has 6 amide bonds. The van der Waals surface area contributed by atoms with Gasteiger partial charge in [-0.15, -0.1) is 0 Å². The molecule has 0 aliphatic rings. The number of carbonyl (C=O) groups is 3. The van der Waals surface area contributed by atoms with Gasteiger partial charge in [0.05, 0.1) is 16.7 Å². The van der Waals surface area contributed by atoms with Gasteiger partial charge in [-0.2, -0.15) is 39.5 Å². The predicted molar refractivity (Wildman–Crippen MR) is 225 cm³/mol. The molecule has 0 fully saturated rings. The first-order valence-corrected chi connectivity index (χ1v) is 19.0.